The average molecular weight is 179 g/mol. The molecule has 1 aliphatic rings. The van der Waals surface area contributed by atoms with E-state index in [2.05, 4.69) is 29.1 Å². The van der Waals surface area contributed by atoms with Crippen LogP contribution >= 0.6 is 0 Å². The van der Waals surface area contributed by atoms with Gasteiger partial charge in [0.15, 0.2) is 5.95 Å². The summed E-state index contributed by atoms with van der Waals surface area (Å²) in [4.78, 5) is 7.23. The number of aromatic nitrogens is 2. The van der Waals surface area contributed by atoms with Crippen molar-refractivity contribution in [2.45, 2.75) is 39.2 Å². The maximum atomic E-state index is 4.16. The fourth-order valence-electron chi connectivity index (χ4n) is 2.10. The molecular formula is C10H17N3. The summed E-state index contributed by atoms with van der Waals surface area (Å²) in [7, 11) is 0. The van der Waals surface area contributed by atoms with E-state index in [-0.39, 0.29) is 0 Å². The predicted octanol–water partition coefficient (Wildman–Crippen LogP) is 2.40. The molecule has 1 aromatic heterocycles. The summed E-state index contributed by atoms with van der Waals surface area (Å²) in [5.41, 5.74) is 0.504. The monoisotopic (exact) mass is 179 g/mol. The molecule has 2 rings (SSSR count). The molecule has 3 nitrogen and oxygen atoms in total. The fraction of sp³-hybridized carbons (Fsp3) is 0.700. The number of rotatable bonds is 2. The second kappa shape index (κ2) is 3.05. The number of hydrogen-bond donors (Lipinski definition) is 2. The predicted molar refractivity (Wildman–Crippen MR) is 53.6 cm³/mol. The van der Waals surface area contributed by atoms with Gasteiger partial charge >= 0.3 is 0 Å². The standard InChI is InChI=1S/C10H17N3/c1-10(2)4-3-8(7-10)13-9-11-5-6-12-9/h5-6,8H,3-4,7H2,1-2H3,(H2,11,12,13). The van der Waals surface area contributed by atoms with Crippen LogP contribution in [-0.4, -0.2) is 16.0 Å². The number of aromatic amines is 1. The third kappa shape index (κ3) is 2.02. The van der Waals surface area contributed by atoms with Gasteiger partial charge in [0.1, 0.15) is 0 Å². The summed E-state index contributed by atoms with van der Waals surface area (Å²) < 4.78 is 0. The van der Waals surface area contributed by atoms with E-state index in [1.807, 2.05) is 6.20 Å². The highest BCUT2D eigenvalue weighted by atomic mass is 15.1. The highest BCUT2D eigenvalue weighted by Gasteiger charge is 2.30. The lowest BCUT2D eigenvalue weighted by molar-refractivity contribution is 0.378. The van der Waals surface area contributed by atoms with Crippen LogP contribution < -0.4 is 5.32 Å². The van der Waals surface area contributed by atoms with Crippen LogP contribution in [0.1, 0.15) is 33.1 Å². The number of nitrogens with one attached hydrogen (secondary N) is 2. The van der Waals surface area contributed by atoms with Crippen molar-refractivity contribution in [1.82, 2.24) is 9.97 Å². The average Bonchev–Trinajstić information content (AvgIpc) is 2.61. The lowest BCUT2D eigenvalue weighted by Gasteiger charge is -2.17. The van der Waals surface area contributed by atoms with Crippen LogP contribution in [0.4, 0.5) is 5.95 Å². The van der Waals surface area contributed by atoms with Crippen molar-refractivity contribution in [3.8, 4) is 0 Å². The van der Waals surface area contributed by atoms with E-state index in [1.165, 1.54) is 19.3 Å². The summed E-state index contributed by atoms with van der Waals surface area (Å²) in [5.74, 6) is 0.905. The van der Waals surface area contributed by atoms with Crippen LogP contribution in [0.3, 0.4) is 0 Å². The van der Waals surface area contributed by atoms with Gasteiger partial charge in [0, 0.05) is 18.4 Å². The number of imidazole rings is 1. The molecular weight excluding hydrogens is 162 g/mol. The number of hydrogen-bond acceptors (Lipinski definition) is 2. The SMILES string of the molecule is CC1(C)CCC(Nc2ncc[nH]2)C1. The smallest absolute Gasteiger partial charge is 0.200 e. The van der Waals surface area contributed by atoms with Gasteiger partial charge in [-0.1, -0.05) is 13.8 Å². The number of anilines is 1. The Balaban J connectivity index is 1.91. The Morgan fingerprint density at radius 2 is 2.46 bits per heavy atom. The van der Waals surface area contributed by atoms with Gasteiger partial charge < -0.3 is 10.3 Å². The first-order valence-electron chi connectivity index (χ1n) is 4.92. The molecule has 0 amide bonds. The van der Waals surface area contributed by atoms with Crippen molar-refractivity contribution < 1.29 is 0 Å². The zero-order valence-electron chi connectivity index (χ0n) is 8.30. The van der Waals surface area contributed by atoms with E-state index in [1.54, 1.807) is 6.20 Å². The molecule has 1 fully saturated rings. The zero-order valence-corrected chi connectivity index (χ0v) is 8.30. The molecule has 1 atom stereocenters. The van der Waals surface area contributed by atoms with E-state index in [0.717, 1.165) is 5.95 Å². The number of nitrogens with zero attached hydrogens (tertiary/aromatic N) is 1. The van der Waals surface area contributed by atoms with E-state index >= 15 is 0 Å². The van der Waals surface area contributed by atoms with Crippen LogP contribution in [-0.2, 0) is 0 Å². The van der Waals surface area contributed by atoms with Gasteiger partial charge in [-0.2, -0.15) is 0 Å². The maximum Gasteiger partial charge on any atom is 0.200 e. The molecule has 0 aromatic carbocycles. The zero-order chi connectivity index (χ0) is 9.31. The van der Waals surface area contributed by atoms with Gasteiger partial charge in [-0.15, -0.1) is 0 Å². The molecule has 13 heavy (non-hydrogen) atoms. The second-order valence-corrected chi connectivity index (χ2v) is 4.69. The van der Waals surface area contributed by atoms with Crippen molar-refractivity contribution >= 4 is 5.95 Å². The van der Waals surface area contributed by atoms with Gasteiger partial charge in [-0.25, -0.2) is 4.98 Å². The molecule has 1 aliphatic carbocycles. The van der Waals surface area contributed by atoms with Crippen molar-refractivity contribution in [2.24, 2.45) is 5.41 Å². The molecule has 3 heteroatoms. The minimum Gasteiger partial charge on any atom is -0.353 e. The second-order valence-electron chi connectivity index (χ2n) is 4.69. The van der Waals surface area contributed by atoms with Crippen LogP contribution in [0.25, 0.3) is 0 Å². The Morgan fingerprint density at radius 1 is 1.62 bits per heavy atom. The Labute approximate surface area is 79.0 Å². The molecule has 0 bridgehead atoms. The van der Waals surface area contributed by atoms with E-state index in [9.17, 15) is 0 Å². The van der Waals surface area contributed by atoms with Gasteiger partial charge in [-0.3, -0.25) is 0 Å². The van der Waals surface area contributed by atoms with Crippen molar-refractivity contribution in [3.05, 3.63) is 12.4 Å². The van der Waals surface area contributed by atoms with Crippen molar-refractivity contribution in [3.63, 3.8) is 0 Å². The molecule has 1 aromatic rings. The maximum absolute atomic E-state index is 4.16. The molecule has 1 heterocycles. The Bertz CT molecular complexity index is 264. The normalized spacial score (nSPS) is 26.2. The first kappa shape index (κ1) is 8.60. The van der Waals surface area contributed by atoms with Crippen LogP contribution in [0.5, 0.6) is 0 Å². The largest absolute Gasteiger partial charge is 0.353 e. The highest BCUT2D eigenvalue weighted by molar-refractivity contribution is 5.25. The van der Waals surface area contributed by atoms with Gasteiger partial charge in [0.25, 0.3) is 0 Å². The summed E-state index contributed by atoms with van der Waals surface area (Å²) in [6, 6.07) is 0.598. The molecule has 1 saturated carbocycles. The quantitative estimate of drug-likeness (QED) is 0.732. The van der Waals surface area contributed by atoms with E-state index < -0.39 is 0 Å². The Hall–Kier alpha value is -0.990. The van der Waals surface area contributed by atoms with Crippen LogP contribution in [0.2, 0.25) is 0 Å². The number of H-pyrrole nitrogens is 1. The summed E-state index contributed by atoms with van der Waals surface area (Å²) in [6.07, 6.45) is 7.44. The molecule has 0 radical (unpaired) electrons. The molecule has 72 valence electrons. The lowest BCUT2D eigenvalue weighted by Crippen LogP contribution is -2.18. The van der Waals surface area contributed by atoms with Crippen molar-refractivity contribution in [1.29, 1.82) is 0 Å². The third-order valence-corrected chi connectivity index (χ3v) is 2.81. The Kier molecular flexibility index (Phi) is 2.02. The molecule has 0 aliphatic heterocycles. The summed E-state index contributed by atoms with van der Waals surface area (Å²) in [6.45, 7) is 4.66. The third-order valence-electron chi connectivity index (χ3n) is 2.81. The minimum atomic E-state index is 0.504. The van der Waals surface area contributed by atoms with E-state index in [0.29, 0.717) is 11.5 Å². The van der Waals surface area contributed by atoms with Crippen molar-refractivity contribution in [2.75, 3.05) is 5.32 Å². The van der Waals surface area contributed by atoms with Crippen LogP contribution in [0.15, 0.2) is 12.4 Å². The van der Waals surface area contributed by atoms with Crippen LogP contribution in [0, 0.1) is 5.41 Å². The fourth-order valence-corrected chi connectivity index (χ4v) is 2.10. The first-order chi connectivity index (χ1) is 6.16. The topological polar surface area (TPSA) is 40.7 Å². The van der Waals surface area contributed by atoms with Gasteiger partial charge in [-0.05, 0) is 24.7 Å². The highest BCUT2D eigenvalue weighted by Crippen LogP contribution is 2.37. The summed E-state index contributed by atoms with van der Waals surface area (Å²) in [5, 5.41) is 3.41. The van der Waals surface area contributed by atoms with Gasteiger partial charge in [0.2, 0.25) is 0 Å². The molecule has 0 saturated heterocycles. The van der Waals surface area contributed by atoms with Gasteiger partial charge in [0.05, 0.1) is 0 Å². The summed E-state index contributed by atoms with van der Waals surface area (Å²) >= 11 is 0. The molecule has 2 N–H and O–H groups in total. The van der Waals surface area contributed by atoms with E-state index in [4.69, 9.17) is 0 Å². The first-order valence-corrected chi connectivity index (χ1v) is 4.92. The Morgan fingerprint density at radius 3 is 3.00 bits per heavy atom. The lowest BCUT2D eigenvalue weighted by atomic mass is 9.92. The minimum absolute atomic E-state index is 0.504. The molecule has 0 spiro atoms. The molecule has 1 unspecified atom stereocenters.